The summed E-state index contributed by atoms with van der Waals surface area (Å²) in [7, 11) is 0. The Balaban J connectivity index is 3.00. The molecule has 0 saturated heterocycles. The highest BCUT2D eigenvalue weighted by Crippen LogP contribution is 2.06. The summed E-state index contributed by atoms with van der Waals surface area (Å²) >= 11 is 0. The summed E-state index contributed by atoms with van der Waals surface area (Å²) in [5.41, 5.74) is 16.3. The fourth-order valence-electron chi connectivity index (χ4n) is 3.10. The van der Waals surface area contributed by atoms with E-state index in [4.69, 9.17) is 17.2 Å². The van der Waals surface area contributed by atoms with Crippen LogP contribution >= 0.6 is 0 Å². The molecule has 4 atom stereocenters. The van der Waals surface area contributed by atoms with Crippen LogP contribution in [-0.2, 0) is 40.0 Å². The molecule has 0 aliphatic heterocycles. The van der Waals surface area contributed by atoms with Crippen LogP contribution in [0.3, 0.4) is 0 Å². The molecule has 0 aliphatic rings. The summed E-state index contributed by atoms with van der Waals surface area (Å²) in [4.78, 5) is 83.1. The highest BCUT2D eigenvalue weighted by molar-refractivity contribution is 5.97. The Labute approximate surface area is 211 Å². The molecule has 0 aliphatic carbocycles. The Kier molecular flexibility index (Phi) is 12.2. The van der Waals surface area contributed by atoms with Gasteiger partial charge in [-0.1, -0.05) is 30.3 Å². The van der Waals surface area contributed by atoms with Crippen molar-refractivity contribution in [2.75, 3.05) is 0 Å². The number of amides is 5. The number of nitrogens with two attached hydrogens (primary N) is 3. The molecule has 0 bridgehead atoms. The molecule has 0 heterocycles. The van der Waals surface area contributed by atoms with Crippen LogP contribution in [0.4, 0.5) is 0 Å². The molecule has 1 rings (SSSR count). The standard InChI is InChI=1S/C22H30N6O9/c23-12(6-7-16(24)29)19(33)26-13(9-17(25)30)20(34)27-14(10-18(31)32)21(35)28-15(22(36)37)8-11-4-2-1-3-5-11/h1-5,12-15H,6-10,23H2,(H2,24,29)(H2,25,30)(H,26,33)(H,27,34)(H,28,35)(H,31,32)(H,36,37). The highest BCUT2D eigenvalue weighted by atomic mass is 16.4. The van der Waals surface area contributed by atoms with Crippen molar-refractivity contribution in [3.8, 4) is 0 Å². The first-order valence-electron chi connectivity index (χ1n) is 11.0. The quantitative estimate of drug-likeness (QED) is 0.107. The molecule has 5 amide bonds. The number of nitrogens with one attached hydrogen (secondary N) is 3. The van der Waals surface area contributed by atoms with Gasteiger partial charge in [0.1, 0.15) is 18.1 Å². The van der Waals surface area contributed by atoms with Crippen molar-refractivity contribution in [3.05, 3.63) is 35.9 Å². The number of primary amides is 2. The van der Waals surface area contributed by atoms with E-state index in [9.17, 15) is 43.8 Å². The van der Waals surface area contributed by atoms with Crippen molar-refractivity contribution in [1.82, 2.24) is 16.0 Å². The number of aliphatic carboxylic acids is 2. The molecule has 11 N–H and O–H groups in total. The molecule has 0 spiro atoms. The van der Waals surface area contributed by atoms with Crippen molar-refractivity contribution >= 4 is 41.5 Å². The Morgan fingerprint density at radius 2 is 1.24 bits per heavy atom. The third kappa shape index (κ3) is 11.6. The maximum absolute atomic E-state index is 12.8. The molecular weight excluding hydrogens is 492 g/mol. The van der Waals surface area contributed by atoms with E-state index in [1.807, 2.05) is 0 Å². The van der Waals surface area contributed by atoms with Gasteiger partial charge in [-0.2, -0.15) is 0 Å². The minimum Gasteiger partial charge on any atom is -0.481 e. The minimum absolute atomic E-state index is 0.126. The second-order valence-electron chi connectivity index (χ2n) is 8.09. The first-order valence-corrected chi connectivity index (χ1v) is 11.0. The Morgan fingerprint density at radius 3 is 1.73 bits per heavy atom. The van der Waals surface area contributed by atoms with Gasteiger partial charge in [0, 0.05) is 12.8 Å². The fourth-order valence-corrected chi connectivity index (χ4v) is 3.10. The Hall–Kier alpha value is -4.53. The van der Waals surface area contributed by atoms with Crippen molar-refractivity contribution in [2.24, 2.45) is 17.2 Å². The van der Waals surface area contributed by atoms with Crippen molar-refractivity contribution in [2.45, 2.75) is 56.3 Å². The predicted molar refractivity (Wildman–Crippen MR) is 126 cm³/mol. The molecule has 15 heteroatoms. The van der Waals surface area contributed by atoms with Crippen molar-refractivity contribution in [1.29, 1.82) is 0 Å². The predicted octanol–water partition coefficient (Wildman–Crippen LogP) is -3.29. The van der Waals surface area contributed by atoms with Crippen molar-refractivity contribution in [3.63, 3.8) is 0 Å². The van der Waals surface area contributed by atoms with Crippen LogP contribution in [0, 0.1) is 0 Å². The lowest BCUT2D eigenvalue weighted by molar-refractivity contribution is -0.144. The van der Waals surface area contributed by atoms with Gasteiger partial charge in [0.25, 0.3) is 0 Å². The lowest BCUT2D eigenvalue weighted by Gasteiger charge is -2.24. The van der Waals surface area contributed by atoms with E-state index in [1.54, 1.807) is 30.3 Å². The Bertz CT molecular complexity index is 1020. The molecule has 4 unspecified atom stereocenters. The second kappa shape index (κ2) is 14.8. The van der Waals surface area contributed by atoms with Gasteiger partial charge >= 0.3 is 11.9 Å². The summed E-state index contributed by atoms with van der Waals surface area (Å²) in [6.45, 7) is 0. The number of carboxylic acids is 2. The molecule has 0 fully saturated rings. The van der Waals surface area contributed by atoms with Crippen LogP contribution in [0.2, 0.25) is 0 Å². The average Bonchev–Trinajstić information content (AvgIpc) is 2.80. The van der Waals surface area contributed by atoms with E-state index >= 15 is 0 Å². The van der Waals surface area contributed by atoms with Gasteiger partial charge < -0.3 is 43.4 Å². The van der Waals surface area contributed by atoms with Crippen LogP contribution in [-0.4, -0.2) is 75.9 Å². The van der Waals surface area contributed by atoms with Gasteiger partial charge in [-0.15, -0.1) is 0 Å². The van der Waals surface area contributed by atoms with Crippen LogP contribution < -0.4 is 33.2 Å². The Morgan fingerprint density at radius 1 is 0.730 bits per heavy atom. The largest absolute Gasteiger partial charge is 0.481 e. The molecule has 0 aromatic heterocycles. The average molecular weight is 523 g/mol. The number of carbonyl (C=O) groups is 7. The number of carbonyl (C=O) groups excluding carboxylic acids is 5. The first kappa shape index (κ1) is 30.5. The van der Waals surface area contributed by atoms with Crippen LogP contribution in [0.15, 0.2) is 30.3 Å². The van der Waals surface area contributed by atoms with Crippen LogP contribution in [0.25, 0.3) is 0 Å². The lowest BCUT2D eigenvalue weighted by Crippen LogP contribution is -2.58. The van der Waals surface area contributed by atoms with Gasteiger partial charge in [-0.05, 0) is 12.0 Å². The molecule has 0 saturated carbocycles. The summed E-state index contributed by atoms with van der Waals surface area (Å²) in [5, 5.41) is 25.1. The van der Waals surface area contributed by atoms with E-state index in [0.29, 0.717) is 5.56 Å². The molecule has 1 aromatic carbocycles. The van der Waals surface area contributed by atoms with Gasteiger partial charge in [0.15, 0.2) is 0 Å². The summed E-state index contributed by atoms with van der Waals surface area (Å²) in [6, 6.07) is 2.16. The molecule has 202 valence electrons. The summed E-state index contributed by atoms with van der Waals surface area (Å²) in [5.74, 6) is -7.84. The van der Waals surface area contributed by atoms with Gasteiger partial charge in [-0.25, -0.2) is 4.79 Å². The third-order valence-corrected chi connectivity index (χ3v) is 4.99. The molecule has 37 heavy (non-hydrogen) atoms. The highest BCUT2D eigenvalue weighted by Gasteiger charge is 2.32. The maximum Gasteiger partial charge on any atom is 0.326 e. The normalized spacial score (nSPS) is 13.8. The zero-order chi connectivity index (χ0) is 28.1. The molecule has 0 radical (unpaired) electrons. The van der Waals surface area contributed by atoms with E-state index in [1.165, 1.54) is 0 Å². The van der Waals surface area contributed by atoms with E-state index in [2.05, 4.69) is 16.0 Å². The van der Waals surface area contributed by atoms with E-state index < -0.39 is 78.5 Å². The number of hydrogen-bond acceptors (Lipinski definition) is 8. The smallest absolute Gasteiger partial charge is 0.326 e. The third-order valence-electron chi connectivity index (χ3n) is 4.99. The number of benzene rings is 1. The number of hydrogen-bond donors (Lipinski definition) is 8. The summed E-state index contributed by atoms with van der Waals surface area (Å²) in [6.07, 6.45) is -2.18. The SMILES string of the molecule is NC(=O)CCC(N)C(=O)NC(CC(N)=O)C(=O)NC(CC(=O)O)C(=O)NC(Cc1ccccc1)C(=O)O. The lowest BCUT2D eigenvalue weighted by atomic mass is 10.0. The van der Waals surface area contributed by atoms with Crippen LogP contribution in [0.1, 0.15) is 31.2 Å². The van der Waals surface area contributed by atoms with E-state index in [0.717, 1.165) is 0 Å². The molecular formula is C22H30N6O9. The second-order valence-corrected chi connectivity index (χ2v) is 8.09. The van der Waals surface area contributed by atoms with E-state index in [-0.39, 0.29) is 19.3 Å². The zero-order valence-corrected chi connectivity index (χ0v) is 19.7. The summed E-state index contributed by atoms with van der Waals surface area (Å²) < 4.78 is 0. The molecule has 1 aromatic rings. The monoisotopic (exact) mass is 522 g/mol. The van der Waals surface area contributed by atoms with Gasteiger partial charge in [0.05, 0.1) is 18.9 Å². The maximum atomic E-state index is 12.8. The topological polar surface area (TPSA) is 274 Å². The zero-order valence-electron chi connectivity index (χ0n) is 19.7. The van der Waals surface area contributed by atoms with Gasteiger partial charge in [0.2, 0.25) is 29.5 Å². The minimum atomic E-state index is -1.77. The number of rotatable bonds is 16. The first-order chi connectivity index (χ1) is 17.3. The van der Waals surface area contributed by atoms with Crippen LogP contribution in [0.5, 0.6) is 0 Å². The number of carboxylic acid groups (broad SMARTS) is 2. The fraction of sp³-hybridized carbons (Fsp3) is 0.409. The molecule has 15 nitrogen and oxygen atoms in total. The van der Waals surface area contributed by atoms with Gasteiger partial charge in [-0.3, -0.25) is 28.8 Å². The van der Waals surface area contributed by atoms with Crippen molar-refractivity contribution < 1.29 is 43.8 Å².